The first-order valence-electron chi connectivity index (χ1n) is 5.07. The molecule has 0 bridgehead atoms. The largest absolute Gasteiger partial charge is 0.479 e. The first-order valence-corrected chi connectivity index (χ1v) is 5.07. The van der Waals surface area contributed by atoms with Crippen LogP contribution in [0.1, 0.15) is 34.1 Å². The maximum absolute atomic E-state index is 11.7. The number of carboxylic acids is 1. The van der Waals surface area contributed by atoms with Crippen LogP contribution < -0.4 is 11.5 Å². The molecule has 0 aliphatic rings. The van der Waals surface area contributed by atoms with Gasteiger partial charge >= 0.3 is 11.9 Å². The van der Waals surface area contributed by atoms with Gasteiger partial charge in [-0.1, -0.05) is 6.92 Å². The van der Waals surface area contributed by atoms with Gasteiger partial charge in [0.2, 0.25) is 5.54 Å². The molecular weight excluding hydrogens is 212 g/mol. The van der Waals surface area contributed by atoms with Crippen LogP contribution in [0.5, 0.6) is 0 Å². The Bertz CT molecular complexity index is 285. The fourth-order valence-corrected chi connectivity index (χ4v) is 1.08. The number of nitrogens with two attached hydrogens (primary N) is 2. The molecule has 5 N–H and O–H groups in total. The predicted molar refractivity (Wildman–Crippen MR) is 58.7 cm³/mol. The van der Waals surface area contributed by atoms with Crippen LogP contribution in [0, 0.1) is 0 Å². The summed E-state index contributed by atoms with van der Waals surface area (Å²) in [5.41, 5.74) is 8.12. The highest BCUT2D eigenvalue weighted by Gasteiger charge is 2.49. The molecule has 6 heteroatoms. The van der Waals surface area contributed by atoms with Gasteiger partial charge in [0.15, 0.2) is 0 Å². The molecule has 0 aromatic heterocycles. The van der Waals surface area contributed by atoms with Crippen molar-refractivity contribution < 1.29 is 19.4 Å². The molecule has 16 heavy (non-hydrogen) atoms. The van der Waals surface area contributed by atoms with Gasteiger partial charge in [0.05, 0.1) is 0 Å². The van der Waals surface area contributed by atoms with Gasteiger partial charge in [-0.3, -0.25) is 0 Å². The second-order valence-corrected chi connectivity index (χ2v) is 4.69. The van der Waals surface area contributed by atoms with Gasteiger partial charge in [-0.15, -0.1) is 0 Å². The quantitative estimate of drug-likeness (QED) is 0.458. The van der Waals surface area contributed by atoms with Gasteiger partial charge in [-0.2, -0.15) is 0 Å². The van der Waals surface area contributed by atoms with Crippen molar-refractivity contribution in [2.45, 2.75) is 51.3 Å². The topological polar surface area (TPSA) is 116 Å². The molecule has 0 aliphatic heterocycles. The molecule has 0 saturated heterocycles. The van der Waals surface area contributed by atoms with Crippen LogP contribution in [-0.4, -0.2) is 34.2 Å². The molecule has 0 fully saturated rings. The number of hydrogen-bond donors (Lipinski definition) is 3. The molecule has 0 rings (SSSR count). The Labute approximate surface area is 94.9 Å². The van der Waals surface area contributed by atoms with Crippen molar-refractivity contribution >= 4 is 11.9 Å². The van der Waals surface area contributed by atoms with E-state index in [1.807, 2.05) is 0 Å². The summed E-state index contributed by atoms with van der Waals surface area (Å²) in [6, 6.07) is -0.986. The van der Waals surface area contributed by atoms with Crippen LogP contribution in [0.15, 0.2) is 0 Å². The molecule has 0 spiro atoms. The SMILES string of the molecule is CCC(N)C(N)(C(=O)O)C(=O)OC(C)(C)C. The van der Waals surface area contributed by atoms with Gasteiger partial charge in [0.1, 0.15) is 5.60 Å². The first kappa shape index (κ1) is 14.9. The summed E-state index contributed by atoms with van der Waals surface area (Å²) in [4.78, 5) is 22.8. The van der Waals surface area contributed by atoms with Gasteiger partial charge in [0.25, 0.3) is 0 Å². The molecule has 6 nitrogen and oxygen atoms in total. The first-order chi connectivity index (χ1) is 7.05. The third-order valence-electron chi connectivity index (χ3n) is 2.12. The normalized spacial score (nSPS) is 17.4. The summed E-state index contributed by atoms with van der Waals surface area (Å²) < 4.78 is 4.96. The molecule has 2 atom stereocenters. The lowest BCUT2D eigenvalue weighted by molar-refractivity contribution is -0.170. The zero-order chi connectivity index (χ0) is 13.1. The molecule has 0 heterocycles. The number of carbonyl (C=O) groups excluding carboxylic acids is 1. The van der Waals surface area contributed by atoms with Crippen LogP contribution in [0.4, 0.5) is 0 Å². The van der Waals surface area contributed by atoms with Crippen LogP contribution in [0.25, 0.3) is 0 Å². The Hall–Kier alpha value is -1.14. The van der Waals surface area contributed by atoms with E-state index in [9.17, 15) is 9.59 Å². The van der Waals surface area contributed by atoms with Crippen LogP contribution in [0.3, 0.4) is 0 Å². The third-order valence-corrected chi connectivity index (χ3v) is 2.12. The van der Waals surface area contributed by atoms with E-state index in [1.165, 1.54) is 0 Å². The lowest BCUT2D eigenvalue weighted by Gasteiger charge is -2.31. The van der Waals surface area contributed by atoms with E-state index in [4.69, 9.17) is 21.3 Å². The highest BCUT2D eigenvalue weighted by molar-refractivity contribution is 6.05. The zero-order valence-corrected chi connectivity index (χ0v) is 10.1. The number of esters is 1. The standard InChI is InChI=1S/C10H20N2O4/c1-5-6(11)10(12,7(13)14)8(15)16-9(2,3)4/h6H,5,11-12H2,1-4H3,(H,13,14). The van der Waals surface area contributed by atoms with Crippen LogP contribution >= 0.6 is 0 Å². The maximum atomic E-state index is 11.7. The van der Waals surface area contributed by atoms with E-state index < -0.39 is 29.1 Å². The van der Waals surface area contributed by atoms with Crippen LogP contribution in [-0.2, 0) is 14.3 Å². The summed E-state index contributed by atoms with van der Waals surface area (Å²) in [5.74, 6) is -2.49. The van der Waals surface area contributed by atoms with Gasteiger partial charge in [-0.05, 0) is 27.2 Å². The second kappa shape index (κ2) is 4.80. The second-order valence-electron chi connectivity index (χ2n) is 4.69. The van der Waals surface area contributed by atoms with E-state index in [1.54, 1.807) is 27.7 Å². The molecule has 2 unspecified atom stereocenters. The van der Waals surface area contributed by atoms with E-state index in [2.05, 4.69) is 0 Å². The number of carboxylic acid groups (broad SMARTS) is 1. The minimum atomic E-state index is -2.19. The molecule has 94 valence electrons. The van der Waals surface area contributed by atoms with E-state index >= 15 is 0 Å². The minimum Gasteiger partial charge on any atom is -0.479 e. The van der Waals surface area contributed by atoms with Crippen molar-refractivity contribution in [3.8, 4) is 0 Å². The number of hydrogen-bond acceptors (Lipinski definition) is 5. The highest BCUT2D eigenvalue weighted by atomic mass is 16.6. The fourth-order valence-electron chi connectivity index (χ4n) is 1.08. The average Bonchev–Trinajstić information content (AvgIpc) is 2.11. The Morgan fingerprint density at radius 2 is 1.81 bits per heavy atom. The molecule has 0 aromatic rings. The summed E-state index contributed by atoms with van der Waals surface area (Å²) in [5, 5.41) is 9.00. The molecule has 0 radical (unpaired) electrons. The number of carbonyl (C=O) groups is 2. The maximum Gasteiger partial charge on any atom is 0.340 e. The summed E-state index contributed by atoms with van der Waals surface area (Å²) >= 11 is 0. The lowest BCUT2D eigenvalue weighted by atomic mass is 9.90. The average molecular weight is 232 g/mol. The number of aliphatic carboxylic acids is 1. The molecular formula is C10H20N2O4. The summed E-state index contributed by atoms with van der Waals surface area (Å²) in [7, 11) is 0. The van der Waals surface area contributed by atoms with Gasteiger partial charge in [0, 0.05) is 6.04 Å². The molecule has 0 amide bonds. The fraction of sp³-hybridized carbons (Fsp3) is 0.800. The monoisotopic (exact) mass is 232 g/mol. The number of rotatable bonds is 4. The molecule has 0 aliphatic carbocycles. The zero-order valence-electron chi connectivity index (χ0n) is 10.1. The van der Waals surface area contributed by atoms with Crippen molar-refractivity contribution in [3.63, 3.8) is 0 Å². The molecule has 0 saturated carbocycles. The van der Waals surface area contributed by atoms with Crippen molar-refractivity contribution in [2.24, 2.45) is 11.5 Å². The highest BCUT2D eigenvalue weighted by Crippen LogP contribution is 2.17. The Morgan fingerprint density at radius 1 is 1.38 bits per heavy atom. The lowest BCUT2D eigenvalue weighted by Crippen LogP contribution is -2.67. The van der Waals surface area contributed by atoms with E-state index in [-0.39, 0.29) is 6.42 Å². The van der Waals surface area contributed by atoms with Crippen molar-refractivity contribution in [3.05, 3.63) is 0 Å². The van der Waals surface area contributed by atoms with E-state index in [0.717, 1.165) is 0 Å². The van der Waals surface area contributed by atoms with Crippen molar-refractivity contribution in [1.82, 2.24) is 0 Å². The van der Waals surface area contributed by atoms with Crippen molar-refractivity contribution in [1.29, 1.82) is 0 Å². The van der Waals surface area contributed by atoms with Crippen LogP contribution in [0.2, 0.25) is 0 Å². The Balaban J connectivity index is 5.08. The van der Waals surface area contributed by atoms with E-state index in [0.29, 0.717) is 0 Å². The van der Waals surface area contributed by atoms with Gasteiger partial charge in [-0.25, -0.2) is 9.59 Å². The minimum absolute atomic E-state index is 0.266. The third kappa shape index (κ3) is 3.18. The summed E-state index contributed by atoms with van der Waals surface area (Å²) in [6.07, 6.45) is 0.266. The smallest absolute Gasteiger partial charge is 0.340 e. The number of ether oxygens (including phenoxy) is 1. The van der Waals surface area contributed by atoms with Gasteiger partial charge < -0.3 is 21.3 Å². The molecule has 0 aromatic carbocycles. The predicted octanol–water partition coefficient (Wildman–Crippen LogP) is -0.152. The Morgan fingerprint density at radius 3 is 2.06 bits per heavy atom. The van der Waals surface area contributed by atoms with Crippen molar-refractivity contribution in [2.75, 3.05) is 0 Å². The summed E-state index contributed by atoms with van der Waals surface area (Å²) in [6.45, 7) is 6.54. The Kier molecular flexibility index (Phi) is 4.45.